The van der Waals surface area contributed by atoms with E-state index in [1.54, 1.807) is 0 Å². The Morgan fingerprint density at radius 2 is 1.75 bits per heavy atom. The van der Waals surface area contributed by atoms with Crippen LogP contribution in [0.15, 0.2) is 24.3 Å². The number of Topliss-reactive ketones (excluding diaryl/α,β-unsaturated/α-hetero) is 2. The second kappa shape index (κ2) is 4.34. The van der Waals surface area contributed by atoms with Gasteiger partial charge in [0.2, 0.25) is 5.78 Å². The molecule has 0 aliphatic carbocycles. The lowest BCUT2D eigenvalue weighted by Crippen LogP contribution is -2.25. The summed E-state index contributed by atoms with van der Waals surface area (Å²) in [6.07, 6.45) is -6.32. The number of aromatic hydroxyl groups is 1. The van der Waals surface area contributed by atoms with Gasteiger partial charge in [-0.15, -0.1) is 0 Å². The van der Waals surface area contributed by atoms with Crippen molar-refractivity contribution in [3.8, 4) is 5.75 Å². The van der Waals surface area contributed by atoms with Gasteiger partial charge in [-0.25, -0.2) is 0 Å². The Balaban J connectivity index is 2.82. The fourth-order valence-electron chi connectivity index (χ4n) is 1.05. The number of carbonyl (C=O) groups excluding carboxylic acids is 2. The highest BCUT2D eigenvalue weighted by Gasteiger charge is 2.39. The Hall–Kier alpha value is -1.85. The van der Waals surface area contributed by atoms with Crippen LogP contribution in [0.5, 0.6) is 5.75 Å². The fourth-order valence-corrected chi connectivity index (χ4v) is 1.05. The van der Waals surface area contributed by atoms with E-state index in [1.807, 2.05) is 0 Å². The summed E-state index contributed by atoms with van der Waals surface area (Å²) in [5.74, 6) is -3.62. The second-order valence-corrected chi connectivity index (χ2v) is 3.04. The molecular weight excluding hydrogens is 225 g/mol. The summed E-state index contributed by atoms with van der Waals surface area (Å²) in [7, 11) is 0. The molecule has 1 aromatic carbocycles. The zero-order chi connectivity index (χ0) is 12.3. The first kappa shape index (κ1) is 12.2. The molecule has 0 unspecified atom stereocenters. The molecule has 0 heterocycles. The third-order valence-electron chi connectivity index (χ3n) is 1.84. The number of para-hydroxylation sites is 1. The van der Waals surface area contributed by atoms with Crippen LogP contribution in [0.3, 0.4) is 0 Å². The molecule has 0 aromatic heterocycles. The van der Waals surface area contributed by atoms with Gasteiger partial charge in [0.25, 0.3) is 0 Å². The predicted octanol–water partition coefficient (Wildman–Crippen LogP) is 2.10. The summed E-state index contributed by atoms with van der Waals surface area (Å²) in [6.45, 7) is 0. The van der Waals surface area contributed by atoms with Crippen LogP contribution < -0.4 is 0 Å². The number of carbonyl (C=O) groups is 2. The smallest absolute Gasteiger partial charge is 0.450 e. The molecule has 1 aromatic rings. The summed E-state index contributed by atoms with van der Waals surface area (Å²) in [4.78, 5) is 21.8. The molecule has 1 N–H and O–H groups in total. The zero-order valence-electron chi connectivity index (χ0n) is 7.91. The summed E-state index contributed by atoms with van der Waals surface area (Å²) in [5, 5.41) is 9.18. The molecule has 0 bridgehead atoms. The summed E-state index contributed by atoms with van der Waals surface area (Å²) in [6, 6.07) is 5.11. The van der Waals surface area contributed by atoms with Gasteiger partial charge < -0.3 is 5.11 Å². The Bertz CT molecular complexity index is 424. The van der Waals surface area contributed by atoms with E-state index < -0.39 is 29.9 Å². The number of hydrogen-bond donors (Lipinski definition) is 1. The Morgan fingerprint density at radius 3 is 2.25 bits per heavy atom. The van der Waals surface area contributed by atoms with E-state index in [9.17, 15) is 27.9 Å². The number of halogens is 3. The van der Waals surface area contributed by atoms with E-state index in [1.165, 1.54) is 12.1 Å². The lowest BCUT2D eigenvalue weighted by Gasteiger charge is -2.05. The molecule has 1 rings (SSSR count). The van der Waals surface area contributed by atoms with Crippen molar-refractivity contribution in [2.45, 2.75) is 12.6 Å². The highest BCUT2D eigenvalue weighted by Crippen LogP contribution is 2.22. The summed E-state index contributed by atoms with van der Waals surface area (Å²) in [5.41, 5.74) is -0.292. The van der Waals surface area contributed by atoms with Gasteiger partial charge in [0.15, 0.2) is 5.78 Å². The molecular formula is C10H7F3O3. The third kappa shape index (κ3) is 2.82. The van der Waals surface area contributed by atoms with Crippen LogP contribution in [0, 0.1) is 0 Å². The molecule has 16 heavy (non-hydrogen) atoms. The minimum atomic E-state index is -5.03. The van der Waals surface area contributed by atoms with Crippen molar-refractivity contribution in [2.75, 3.05) is 0 Å². The van der Waals surface area contributed by atoms with Gasteiger partial charge in [-0.05, 0) is 12.1 Å². The van der Waals surface area contributed by atoms with E-state index in [0.29, 0.717) is 0 Å². The average Bonchev–Trinajstić information content (AvgIpc) is 2.16. The van der Waals surface area contributed by atoms with Crippen molar-refractivity contribution in [1.29, 1.82) is 0 Å². The van der Waals surface area contributed by atoms with Gasteiger partial charge in [0.05, 0.1) is 12.0 Å². The third-order valence-corrected chi connectivity index (χ3v) is 1.84. The maximum atomic E-state index is 11.9. The average molecular weight is 232 g/mol. The first-order valence-corrected chi connectivity index (χ1v) is 4.23. The van der Waals surface area contributed by atoms with Crippen molar-refractivity contribution in [3.63, 3.8) is 0 Å². The van der Waals surface area contributed by atoms with Crippen LogP contribution in [-0.4, -0.2) is 22.8 Å². The number of alkyl halides is 3. The number of phenols is 1. The molecule has 6 heteroatoms. The SMILES string of the molecule is O=C(CC(=O)C(F)(F)F)c1ccccc1O. The number of rotatable bonds is 3. The maximum absolute atomic E-state index is 11.9. The quantitative estimate of drug-likeness (QED) is 0.641. The van der Waals surface area contributed by atoms with Crippen LogP contribution >= 0.6 is 0 Å². The Morgan fingerprint density at radius 1 is 1.19 bits per heavy atom. The van der Waals surface area contributed by atoms with Gasteiger partial charge in [0.1, 0.15) is 5.75 Å². The van der Waals surface area contributed by atoms with Crippen LogP contribution in [0.25, 0.3) is 0 Å². The molecule has 0 saturated heterocycles. The normalized spacial score (nSPS) is 11.2. The molecule has 0 spiro atoms. The zero-order valence-corrected chi connectivity index (χ0v) is 7.91. The van der Waals surface area contributed by atoms with Crippen molar-refractivity contribution < 1.29 is 27.9 Å². The van der Waals surface area contributed by atoms with Crippen molar-refractivity contribution in [3.05, 3.63) is 29.8 Å². The second-order valence-electron chi connectivity index (χ2n) is 3.04. The Kier molecular flexibility index (Phi) is 3.31. The molecule has 86 valence electrons. The number of hydrogen-bond acceptors (Lipinski definition) is 3. The summed E-state index contributed by atoms with van der Waals surface area (Å²) < 4.78 is 35.6. The van der Waals surface area contributed by atoms with E-state index in [2.05, 4.69) is 0 Å². The lowest BCUT2D eigenvalue weighted by molar-refractivity contribution is -0.170. The first-order chi connectivity index (χ1) is 7.32. The van der Waals surface area contributed by atoms with Gasteiger partial charge in [0, 0.05) is 0 Å². The fraction of sp³-hybridized carbons (Fsp3) is 0.200. The first-order valence-electron chi connectivity index (χ1n) is 4.23. The molecule has 0 atom stereocenters. The molecule has 0 aliphatic heterocycles. The van der Waals surface area contributed by atoms with Crippen molar-refractivity contribution in [2.24, 2.45) is 0 Å². The van der Waals surface area contributed by atoms with Crippen molar-refractivity contribution >= 4 is 11.6 Å². The highest BCUT2D eigenvalue weighted by atomic mass is 19.4. The molecule has 0 amide bonds. The van der Waals surface area contributed by atoms with Crippen LogP contribution in [0.1, 0.15) is 16.8 Å². The topological polar surface area (TPSA) is 54.4 Å². The van der Waals surface area contributed by atoms with Gasteiger partial charge in [-0.3, -0.25) is 9.59 Å². The maximum Gasteiger partial charge on any atom is 0.450 e. The number of benzene rings is 1. The van der Waals surface area contributed by atoms with Gasteiger partial charge in [-0.1, -0.05) is 12.1 Å². The Labute approximate surface area is 88.5 Å². The monoisotopic (exact) mass is 232 g/mol. The van der Waals surface area contributed by atoms with E-state index >= 15 is 0 Å². The van der Waals surface area contributed by atoms with E-state index in [0.717, 1.165) is 12.1 Å². The van der Waals surface area contributed by atoms with Crippen LogP contribution in [-0.2, 0) is 4.79 Å². The molecule has 0 fully saturated rings. The van der Waals surface area contributed by atoms with Crippen molar-refractivity contribution in [1.82, 2.24) is 0 Å². The molecule has 3 nitrogen and oxygen atoms in total. The summed E-state index contributed by atoms with van der Waals surface area (Å²) >= 11 is 0. The lowest BCUT2D eigenvalue weighted by atomic mass is 10.1. The minimum Gasteiger partial charge on any atom is -0.507 e. The van der Waals surface area contributed by atoms with Crippen LogP contribution in [0.2, 0.25) is 0 Å². The molecule has 0 saturated carbocycles. The standard InChI is InChI=1S/C10H7F3O3/c11-10(12,13)9(16)5-8(15)6-3-1-2-4-7(6)14/h1-4,14H,5H2. The van der Waals surface area contributed by atoms with Crippen LogP contribution in [0.4, 0.5) is 13.2 Å². The number of phenolic OH excluding ortho intramolecular Hbond substituents is 1. The van der Waals surface area contributed by atoms with Gasteiger partial charge in [-0.2, -0.15) is 13.2 Å². The predicted molar refractivity (Wildman–Crippen MR) is 48.1 cm³/mol. The van der Waals surface area contributed by atoms with Gasteiger partial charge >= 0.3 is 6.18 Å². The number of ketones is 2. The van der Waals surface area contributed by atoms with E-state index in [-0.39, 0.29) is 5.56 Å². The largest absolute Gasteiger partial charge is 0.507 e. The van der Waals surface area contributed by atoms with E-state index in [4.69, 9.17) is 0 Å². The molecule has 0 radical (unpaired) electrons. The minimum absolute atomic E-state index is 0.292. The highest BCUT2D eigenvalue weighted by molar-refractivity contribution is 6.10. The molecule has 0 aliphatic rings.